The summed E-state index contributed by atoms with van der Waals surface area (Å²) in [5.74, 6) is 0.817. The summed E-state index contributed by atoms with van der Waals surface area (Å²) in [5, 5.41) is 9.78. The highest BCUT2D eigenvalue weighted by Gasteiger charge is 2.25. The van der Waals surface area contributed by atoms with Crippen molar-refractivity contribution in [1.29, 1.82) is 0 Å². The fraction of sp³-hybridized carbons (Fsp3) is 0.375. The molecular formula is C24H28FN7O3. The fourth-order valence-corrected chi connectivity index (χ4v) is 3.78. The van der Waals surface area contributed by atoms with Gasteiger partial charge < -0.3 is 20.3 Å². The van der Waals surface area contributed by atoms with E-state index in [9.17, 15) is 14.0 Å². The van der Waals surface area contributed by atoms with Crippen LogP contribution in [0.3, 0.4) is 0 Å². The molecule has 1 fully saturated rings. The number of anilines is 2. The van der Waals surface area contributed by atoms with Crippen LogP contribution in [-0.2, 0) is 16.1 Å². The summed E-state index contributed by atoms with van der Waals surface area (Å²) < 4.78 is 20.6. The van der Waals surface area contributed by atoms with Crippen molar-refractivity contribution in [3.8, 4) is 5.75 Å². The zero-order valence-corrected chi connectivity index (χ0v) is 19.5. The Bertz CT molecular complexity index is 1150. The number of halogens is 1. The molecule has 1 atom stereocenters. The van der Waals surface area contributed by atoms with E-state index in [1.807, 2.05) is 31.2 Å². The van der Waals surface area contributed by atoms with Crippen molar-refractivity contribution in [2.24, 2.45) is 0 Å². The number of benzene rings is 1. The molecule has 11 heteroatoms. The summed E-state index contributed by atoms with van der Waals surface area (Å²) in [7, 11) is 0. The first-order valence-corrected chi connectivity index (χ1v) is 11.5. The van der Waals surface area contributed by atoms with Crippen LogP contribution >= 0.6 is 0 Å². The van der Waals surface area contributed by atoms with E-state index in [4.69, 9.17) is 4.74 Å². The third-order valence-corrected chi connectivity index (χ3v) is 5.55. The molecule has 0 unspecified atom stereocenters. The molecule has 2 amide bonds. The molecule has 4 rings (SSSR count). The van der Waals surface area contributed by atoms with Gasteiger partial charge >= 0.3 is 6.08 Å². The molecule has 35 heavy (non-hydrogen) atoms. The molecule has 3 aromatic rings. The van der Waals surface area contributed by atoms with Gasteiger partial charge in [0.25, 0.3) is 0 Å². The second-order valence-electron chi connectivity index (χ2n) is 8.40. The van der Waals surface area contributed by atoms with Crippen LogP contribution in [0.2, 0.25) is 0 Å². The number of ether oxygens (including phenoxy) is 1. The number of nitrogens with one attached hydrogen (secondary N) is 2. The monoisotopic (exact) mass is 481 g/mol. The van der Waals surface area contributed by atoms with Gasteiger partial charge in [0.2, 0.25) is 11.8 Å². The molecule has 0 aliphatic carbocycles. The van der Waals surface area contributed by atoms with E-state index in [2.05, 4.69) is 25.7 Å². The van der Waals surface area contributed by atoms with Gasteiger partial charge in [0.05, 0.1) is 18.4 Å². The molecule has 1 aromatic carbocycles. The SMILES string of the molecule is Cc1ccc(O[C@@H]2CCCN(C(=O)Cn3cc(NC(=O)CCNc4ccnc(F)n4)cn3)C2)cc1. The van der Waals surface area contributed by atoms with E-state index in [1.54, 1.807) is 11.1 Å². The maximum absolute atomic E-state index is 13.0. The maximum atomic E-state index is 13.0. The number of carbonyl (C=O) groups is 2. The van der Waals surface area contributed by atoms with E-state index < -0.39 is 6.08 Å². The number of carbonyl (C=O) groups excluding carboxylic acids is 2. The molecule has 2 N–H and O–H groups in total. The topological polar surface area (TPSA) is 114 Å². The fourth-order valence-electron chi connectivity index (χ4n) is 3.78. The summed E-state index contributed by atoms with van der Waals surface area (Å²) in [6, 6.07) is 9.42. The molecule has 0 saturated carbocycles. The normalized spacial score (nSPS) is 15.5. The van der Waals surface area contributed by atoms with E-state index in [-0.39, 0.29) is 37.4 Å². The number of nitrogens with zero attached hydrogens (tertiary/aromatic N) is 5. The van der Waals surface area contributed by atoms with E-state index in [0.29, 0.717) is 24.6 Å². The number of likely N-dealkylation sites (tertiary alicyclic amines) is 1. The molecule has 10 nitrogen and oxygen atoms in total. The average Bonchev–Trinajstić information content (AvgIpc) is 3.27. The van der Waals surface area contributed by atoms with Gasteiger partial charge in [-0.05, 0) is 38.0 Å². The van der Waals surface area contributed by atoms with Crippen molar-refractivity contribution < 1.29 is 18.7 Å². The molecule has 3 heterocycles. The molecule has 184 valence electrons. The Kier molecular flexibility index (Phi) is 7.86. The van der Waals surface area contributed by atoms with Crippen LogP contribution in [0.25, 0.3) is 0 Å². The van der Waals surface area contributed by atoms with Gasteiger partial charge in [-0.25, -0.2) is 4.98 Å². The third-order valence-electron chi connectivity index (χ3n) is 5.55. The summed E-state index contributed by atoms with van der Waals surface area (Å²) in [6.45, 7) is 3.59. The Morgan fingerprint density at radius 2 is 2.06 bits per heavy atom. The zero-order valence-electron chi connectivity index (χ0n) is 19.5. The summed E-state index contributed by atoms with van der Waals surface area (Å²) in [5.41, 5.74) is 1.67. The van der Waals surface area contributed by atoms with Gasteiger partial charge in [-0.1, -0.05) is 17.7 Å². The van der Waals surface area contributed by atoms with Crippen LogP contribution in [0.5, 0.6) is 5.75 Å². The van der Waals surface area contributed by atoms with Crippen molar-refractivity contribution in [3.05, 3.63) is 60.6 Å². The van der Waals surface area contributed by atoms with Crippen LogP contribution in [-0.4, -0.2) is 62.2 Å². The number of rotatable bonds is 9. The standard InChI is InChI=1S/C24H28FN7O3/c1-17-4-6-19(7-5-17)35-20-3-2-12-31(15-20)23(34)16-32-14-18(13-28-32)29-22(33)9-11-26-21-8-10-27-24(25)30-21/h4-8,10,13-14,20H,2-3,9,11-12,15-16H2,1H3,(H,29,33)(H,26,27,30)/t20-/m1/s1. The molecule has 0 spiro atoms. The Morgan fingerprint density at radius 3 is 2.86 bits per heavy atom. The van der Waals surface area contributed by atoms with Crippen molar-refractivity contribution in [2.75, 3.05) is 30.3 Å². The largest absolute Gasteiger partial charge is 0.489 e. The smallest absolute Gasteiger partial charge is 0.310 e. The summed E-state index contributed by atoms with van der Waals surface area (Å²) in [6.07, 6.45) is 5.45. The number of hydrogen-bond acceptors (Lipinski definition) is 7. The predicted octanol–water partition coefficient (Wildman–Crippen LogP) is 2.63. The molecule has 1 aliphatic rings. The minimum absolute atomic E-state index is 0.0460. The average molecular weight is 482 g/mol. The number of piperidine rings is 1. The highest BCUT2D eigenvalue weighted by atomic mass is 19.1. The van der Waals surface area contributed by atoms with Crippen LogP contribution in [0.4, 0.5) is 15.9 Å². The van der Waals surface area contributed by atoms with Crippen LogP contribution in [0.15, 0.2) is 48.9 Å². The maximum Gasteiger partial charge on any atom is 0.310 e. The van der Waals surface area contributed by atoms with Gasteiger partial charge in [0, 0.05) is 31.9 Å². The zero-order chi connectivity index (χ0) is 24.6. The number of hydrogen-bond donors (Lipinski definition) is 2. The molecule has 1 saturated heterocycles. The van der Waals surface area contributed by atoms with Crippen LogP contribution in [0, 0.1) is 13.0 Å². The Morgan fingerprint density at radius 1 is 1.23 bits per heavy atom. The third kappa shape index (κ3) is 7.23. The minimum Gasteiger partial charge on any atom is -0.489 e. The second-order valence-corrected chi connectivity index (χ2v) is 8.40. The van der Waals surface area contributed by atoms with E-state index in [0.717, 1.165) is 18.6 Å². The predicted molar refractivity (Wildman–Crippen MR) is 127 cm³/mol. The lowest BCUT2D eigenvalue weighted by Crippen LogP contribution is -2.45. The Labute approximate surface area is 202 Å². The van der Waals surface area contributed by atoms with Gasteiger partial charge in [0.1, 0.15) is 24.2 Å². The Balaban J connectivity index is 1.21. The summed E-state index contributed by atoms with van der Waals surface area (Å²) >= 11 is 0. The van der Waals surface area contributed by atoms with E-state index in [1.165, 1.54) is 28.7 Å². The lowest BCUT2D eigenvalue weighted by Gasteiger charge is -2.33. The molecule has 0 radical (unpaired) electrons. The minimum atomic E-state index is -0.833. The first-order valence-electron chi connectivity index (χ1n) is 11.5. The van der Waals surface area contributed by atoms with Crippen molar-refractivity contribution in [3.63, 3.8) is 0 Å². The van der Waals surface area contributed by atoms with Crippen LogP contribution < -0.4 is 15.4 Å². The molecule has 1 aliphatic heterocycles. The van der Waals surface area contributed by atoms with Crippen molar-refractivity contribution in [1.82, 2.24) is 24.6 Å². The quantitative estimate of drug-likeness (QED) is 0.452. The van der Waals surface area contributed by atoms with E-state index >= 15 is 0 Å². The molecule has 2 aromatic heterocycles. The van der Waals surface area contributed by atoms with Gasteiger partial charge in [0.15, 0.2) is 0 Å². The molecular weight excluding hydrogens is 453 g/mol. The first kappa shape index (κ1) is 24.1. The van der Waals surface area contributed by atoms with Crippen LogP contribution in [0.1, 0.15) is 24.8 Å². The summed E-state index contributed by atoms with van der Waals surface area (Å²) in [4.78, 5) is 33.7. The first-order chi connectivity index (χ1) is 16.9. The van der Waals surface area contributed by atoms with Gasteiger partial charge in [-0.2, -0.15) is 14.5 Å². The van der Waals surface area contributed by atoms with Gasteiger partial charge in [-0.3, -0.25) is 14.3 Å². The highest BCUT2D eigenvalue weighted by molar-refractivity contribution is 5.90. The number of aromatic nitrogens is 4. The lowest BCUT2D eigenvalue weighted by molar-refractivity contribution is -0.134. The number of amides is 2. The highest BCUT2D eigenvalue weighted by Crippen LogP contribution is 2.19. The van der Waals surface area contributed by atoms with Crippen molar-refractivity contribution >= 4 is 23.3 Å². The Hall–Kier alpha value is -4.02. The van der Waals surface area contributed by atoms with Gasteiger partial charge in [-0.15, -0.1) is 0 Å². The molecule has 0 bridgehead atoms. The number of aryl methyl sites for hydroxylation is 1. The lowest BCUT2D eigenvalue weighted by atomic mass is 10.1. The second kappa shape index (κ2) is 11.4. The van der Waals surface area contributed by atoms with Crippen molar-refractivity contribution in [2.45, 2.75) is 38.8 Å².